The average molecular weight is 400 g/mol. The maximum absolute atomic E-state index is 12.7. The largest absolute Gasteiger partial charge is 0.485 e. The highest BCUT2D eigenvalue weighted by molar-refractivity contribution is 6.35. The molecule has 4 N–H and O–H groups in total. The minimum Gasteiger partial charge on any atom is -0.485 e. The van der Waals surface area contributed by atoms with Crippen LogP contribution in [-0.2, 0) is 4.74 Å². The maximum Gasteiger partial charge on any atom is 0.255 e. The van der Waals surface area contributed by atoms with E-state index in [1.807, 2.05) is 0 Å². The lowest BCUT2D eigenvalue weighted by Crippen LogP contribution is -2.48. The molecular formula is C18H26ClN3O5. The Morgan fingerprint density at radius 3 is 2.89 bits per heavy atom. The highest BCUT2D eigenvalue weighted by atomic mass is 35.5. The van der Waals surface area contributed by atoms with Gasteiger partial charge in [-0.05, 0) is 19.0 Å². The Labute approximate surface area is 163 Å². The number of aliphatic hydroxyl groups excluding tert-OH is 1. The van der Waals surface area contributed by atoms with Crippen molar-refractivity contribution >= 4 is 23.2 Å². The summed E-state index contributed by atoms with van der Waals surface area (Å²) in [7, 11) is 1.66. The fraction of sp³-hybridized carbons (Fsp3) is 0.611. The van der Waals surface area contributed by atoms with E-state index in [4.69, 9.17) is 31.5 Å². The number of nitrogens with zero attached hydrogens (tertiary/aromatic N) is 1. The number of fused-ring (bicyclic) bond motifs is 1. The summed E-state index contributed by atoms with van der Waals surface area (Å²) < 4.78 is 16.2. The third kappa shape index (κ3) is 4.57. The number of hydrogen-bond donors (Lipinski definition) is 3. The number of β-amino-alcohol motifs (C(OH)–C–C–N with tert-alkyl or cyclic N) is 1. The summed E-state index contributed by atoms with van der Waals surface area (Å²) in [6.07, 6.45) is 0.297. The highest BCUT2D eigenvalue weighted by Crippen LogP contribution is 2.43. The molecule has 1 amide bonds. The number of nitrogen functional groups attached to an aromatic ring is 1. The highest BCUT2D eigenvalue weighted by Gasteiger charge is 2.29. The van der Waals surface area contributed by atoms with Gasteiger partial charge in [-0.25, -0.2) is 0 Å². The van der Waals surface area contributed by atoms with Crippen molar-refractivity contribution in [2.45, 2.75) is 12.5 Å². The van der Waals surface area contributed by atoms with Crippen LogP contribution in [0.3, 0.4) is 0 Å². The second-order valence-electron chi connectivity index (χ2n) is 6.80. The van der Waals surface area contributed by atoms with Gasteiger partial charge in [-0.3, -0.25) is 9.69 Å². The van der Waals surface area contributed by atoms with Gasteiger partial charge in [0.2, 0.25) is 0 Å². The van der Waals surface area contributed by atoms with E-state index in [0.717, 1.165) is 19.5 Å². The van der Waals surface area contributed by atoms with E-state index in [1.54, 1.807) is 7.11 Å². The number of aliphatic hydroxyl groups is 1. The molecule has 0 spiro atoms. The fourth-order valence-electron chi connectivity index (χ4n) is 3.39. The van der Waals surface area contributed by atoms with Gasteiger partial charge < -0.3 is 30.4 Å². The Morgan fingerprint density at radius 2 is 2.19 bits per heavy atom. The minimum absolute atomic E-state index is 0.00890. The van der Waals surface area contributed by atoms with E-state index >= 15 is 0 Å². The summed E-state index contributed by atoms with van der Waals surface area (Å²) in [4.78, 5) is 14.8. The molecule has 1 aromatic carbocycles. The Balaban J connectivity index is 1.61. The van der Waals surface area contributed by atoms with Gasteiger partial charge in [-0.15, -0.1) is 0 Å². The minimum atomic E-state index is -0.500. The van der Waals surface area contributed by atoms with Gasteiger partial charge in [0.1, 0.15) is 18.2 Å². The molecule has 2 atom stereocenters. The van der Waals surface area contributed by atoms with Crippen molar-refractivity contribution in [3.05, 3.63) is 16.7 Å². The molecule has 1 aromatic rings. The number of nitrogens with one attached hydrogen (secondary N) is 1. The summed E-state index contributed by atoms with van der Waals surface area (Å²) in [5.41, 5.74) is 6.45. The lowest BCUT2D eigenvalue weighted by atomic mass is 9.93. The molecule has 0 radical (unpaired) electrons. The van der Waals surface area contributed by atoms with E-state index in [1.165, 1.54) is 6.07 Å². The van der Waals surface area contributed by atoms with Crippen LogP contribution in [0.5, 0.6) is 11.5 Å². The van der Waals surface area contributed by atoms with Gasteiger partial charge in [0.15, 0.2) is 11.5 Å². The van der Waals surface area contributed by atoms with Gasteiger partial charge in [-0.1, -0.05) is 11.6 Å². The molecule has 3 rings (SSSR count). The molecule has 2 aliphatic heterocycles. The molecular weight excluding hydrogens is 374 g/mol. The third-order valence-electron chi connectivity index (χ3n) is 4.97. The van der Waals surface area contributed by atoms with Crippen LogP contribution in [0.1, 0.15) is 16.8 Å². The number of rotatable bonds is 6. The summed E-state index contributed by atoms with van der Waals surface area (Å²) in [5, 5.41) is 13.5. The second-order valence-corrected chi connectivity index (χ2v) is 7.18. The van der Waals surface area contributed by atoms with Crippen molar-refractivity contribution in [1.29, 1.82) is 0 Å². The number of hydrogen-bond acceptors (Lipinski definition) is 7. The zero-order valence-corrected chi connectivity index (χ0v) is 16.1. The zero-order chi connectivity index (χ0) is 19.4. The number of halogens is 1. The molecule has 150 valence electrons. The van der Waals surface area contributed by atoms with Gasteiger partial charge in [0, 0.05) is 32.7 Å². The number of carbonyl (C=O) groups excluding carboxylic acids is 1. The fourth-order valence-corrected chi connectivity index (χ4v) is 3.59. The number of piperidine rings is 1. The van der Waals surface area contributed by atoms with Gasteiger partial charge in [-0.2, -0.15) is 0 Å². The smallest absolute Gasteiger partial charge is 0.255 e. The van der Waals surface area contributed by atoms with E-state index in [0.29, 0.717) is 50.0 Å². The predicted octanol–water partition coefficient (Wildman–Crippen LogP) is 0.752. The van der Waals surface area contributed by atoms with Crippen LogP contribution < -0.4 is 20.5 Å². The number of likely N-dealkylation sites (tertiary alicyclic amines) is 1. The summed E-state index contributed by atoms with van der Waals surface area (Å²) in [6.45, 7) is 3.93. The zero-order valence-electron chi connectivity index (χ0n) is 15.4. The SMILES string of the molecule is COCCN1CC[C@@H](CNC(=O)c2cc(N)c(Cl)c3c2OCCO3)C(O)C1. The lowest BCUT2D eigenvalue weighted by molar-refractivity contribution is 0.0132. The molecule has 1 unspecified atom stereocenters. The van der Waals surface area contributed by atoms with E-state index < -0.39 is 6.10 Å². The first-order valence-electron chi connectivity index (χ1n) is 9.06. The van der Waals surface area contributed by atoms with Crippen molar-refractivity contribution in [3.8, 4) is 11.5 Å². The summed E-state index contributed by atoms with van der Waals surface area (Å²) >= 11 is 6.15. The molecule has 1 saturated heterocycles. The Hall–Kier alpha value is -1.74. The van der Waals surface area contributed by atoms with Gasteiger partial charge in [0.05, 0.1) is 24.0 Å². The van der Waals surface area contributed by atoms with E-state index in [2.05, 4.69) is 10.2 Å². The predicted molar refractivity (Wildman–Crippen MR) is 102 cm³/mol. The number of ether oxygens (including phenoxy) is 3. The lowest BCUT2D eigenvalue weighted by Gasteiger charge is -2.35. The molecule has 27 heavy (non-hydrogen) atoms. The Morgan fingerprint density at radius 1 is 1.44 bits per heavy atom. The number of benzene rings is 1. The molecule has 8 nitrogen and oxygen atoms in total. The molecule has 0 aliphatic carbocycles. The average Bonchev–Trinajstić information content (AvgIpc) is 2.68. The standard InChI is InChI=1S/C18H26ClN3O5/c1-25-5-4-22-3-2-11(14(23)10-22)9-21-18(24)12-8-13(20)15(19)17-16(12)26-6-7-27-17/h8,11,14,23H,2-7,9-10,20H2,1H3,(H,21,24)/t11-,14?/m0/s1. The number of methoxy groups -OCH3 is 1. The third-order valence-corrected chi connectivity index (χ3v) is 5.36. The Kier molecular flexibility index (Phi) is 6.64. The second kappa shape index (κ2) is 8.97. The van der Waals surface area contributed by atoms with Crippen molar-refractivity contribution in [2.75, 3.05) is 58.8 Å². The van der Waals surface area contributed by atoms with Crippen LogP contribution in [0.2, 0.25) is 5.02 Å². The van der Waals surface area contributed by atoms with Crippen molar-refractivity contribution in [2.24, 2.45) is 5.92 Å². The molecule has 0 aromatic heterocycles. The first-order valence-corrected chi connectivity index (χ1v) is 9.44. The van der Waals surface area contributed by atoms with Crippen molar-refractivity contribution in [1.82, 2.24) is 10.2 Å². The maximum atomic E-state index is 12.7. The number of nitrogens with two attached hydrogens (primary N) is 1. The summed E-state index contributed by atoms with van der Waals surface area (Å²) in [6, 6.07) is 1.50. The number of amides is 1. The van der Waals surface area contributed by atoms with E-state index in [-0.39, 0.29) is 22.5 Å². The molecule has 2 heterocycles. The van der Waals surface area contributed by atoms with Crippen LogP contribution in [0.15, 0.2) is 6.07 Å². The Bertz CT molecular complexity index is 687. The van der Waals surface area contributed by atoms with Crippen LogP contribution >= 0.6 is 11.6 Å². The molecule has 9 heteroatoms. The van der Waals surface area contributed by atoms with Crippen LogP contribution in [0, 0.1) is 5.92 Å². The molecule has 2 aliphatic rings. The van der Waals surface area contributed by atoms with Gasteiger partial charge >= 0.3 is 0 Å². The van der Waals surface area contributed by atoms with Crippen molar-refractivity contribution < 1.29 is 24.1 Å². The normalized spacial score (nSPS) is 22.5. The van der Waals surface area contributed by atoms with E-state index in [9.17, 15) is 9.90 Å². The monoisotopic (exact) mass is 399 g/mol. The van der Waals surface area contributed by atoms with Crippen molar-refractivity contribution in [3.63, 3.8) is 0 Å². The van der Waals surface area contributed by atoms with Crippen LogP contribution in [0.4, 0.5) is 5.69 Å². The molecule has 1 fully saturated rings. The first-order chi connectivity index (χ1) is 13.0. The summed E-state index contributed by atoms with van der Waals surface area (Å²) in [5.74, 6) is 0.284. The molecule has 0 bridgehead atoms. The van der Waals surface area contributed by atoms with Crippen LogP contribution in [-0.4, -0.2) is 75.1 Å². The first kappa shape index (κ1) is 20.0. The van der Waals surface area contributed by atoms with Gasteiger partial charge in [0.25, 0.3) is 5.91 Å². The number of carbonyl (C=O) groups is 1. The molecule has 0 saturated carbocycles. The topological polar surface area (TPSA) is 106 Å². The van der Waals surface area contributed by atoms with Crippen LogP contribution in [0.25, 0.3) is 0 Å². The number of anilines is 1. The quantitative estimate of drug-likeness (QED) is 0.606.